The van der Waals surface area contributed by atoms with E-state index in [-0.39, 0.29) is 11.6 Å². The van der Waals surface area contributed by atoms with Gasteiger partial charge in [0.1, 0.15) is 11.6 Å². The number of benzene rings is 2. The molecule has 3 rings (SSSR count). The number of fused-ring (bicyclic) bond motifs is 1. The highest BCUT2D eigenvalue weighted by Gasteiger charge is 2.10. The molecule has 0 aliphatic carbocycles. The van der Waals surface area contributed by atoms with Gasteiger partial charge in [-0.25, -0.2) is 4.39 Å². The third kappa shape index (κ3) is 1.73. The van der Waals surface area contributed by atoms with E-state index in [4.69, 9.17) is 11.6 Å². The Hall–Kier alpha value is -2.00. The SMILES string of the molecule is Oc1ccc(Cl)cc1-c1cc2c(F)cccc2[nH]1. The van der Waals surface area contributed by atoms with E-state index >= 15 is 0 Å². The summed E-state index contributed by atoms with van der Waals surface area (Å²) >= 11 is 5.90. The van der Waals surface area contributed by atoms with Crippen molar-refractivity contribution in [3.8, 4) is 17.0 Å². The van der Waals surface area contributed by atoms with E-state index in [1.165, 1.54) is 12.1 Å². The van der Waals surface area contributed by atoms with E-state index in [0.29, 0.717) is 27.2 Å². The number of hydrogen-bond donors (Lipinski definition) is 2. The van der Waals surface area contributed by atoms with Gasteiger partial charge in [-0.1, -0.05) is 17.7 Å². The van der Waals surface area contributed by atoms with Crippen molar-refractivity contribution in [2.75, 3.05) is 0 Å². The zero-order chi connectivity index (χ0) is 12.7. The topological polar surface area (TPSA) is 36.0 Å². The van der Waals surface area contributed by atoms with Gasteiger partial charge < -0.3 is 10.1 Å². The smallest absolute Gasteiger partial charge is 0.132 e. The van der Waals surface area contributed by atoms with Crippen LogP contribution < -0.4 is 0 Å². The van der Waals surface area contributed by atoms with Gasteiger partial charge in [0, 0.05) is 21.5 Å². The predicted octanol–water partition coefficient (Wildman–Crippen LogP) is 4.33. The van der Waals surface area contributed by atoms with Gasteiger partial charge in [0.05, 0.1) is 5.69 Å². The summed E-state index contributed by atoms with van der Waals surface area (Å²) in [5, 5.41) is 10.8. The molecule has 0 atom stereocenters. The van der Waals surface area contributed by atoms with Crippen molar-refractivity contribution in [2.24, 2.45) is 0 Å². The minimum Gasteiger partial charge on any atom is -0.507 e. The zero-order valence-corrected chi connectivity index (χ0v) is 10.0. The number of H-pyrrole nitrogens is 1. The lowest BCUT2D eigenvalue weighted by Gasteiger charge is -2.02. The summed E-state index contributed by atoms with van der Waals surface area (Å²) < 4.78 is 13.6. The van der Waals surface area contributed by atoms with E-state index in [1.54, 1.807) is 30.3 Å². The first-order chi connectivity index (χ1) is 8.65. The first kappa shape index (κ1) is 11.1. The second-order valence-electron chi connectivity index (χ2n) is 4.05. The Kier molecular flexibility index (Phi) is 2.49. The Bertz CT molecular complexity index is 736. The number of nitrogens with one attached hydrogen (secondary N) is 1. The summed E-state index contributed by atoms with van der Waals surface area (Å²) in [6.45, 7) is 0. The number of aromatic hydroxyl groups is 1. The highest BCUT2D eigenvalue weighted by atomic mass is 35.5. The van der Waals surface area contributed by atoms with E-state index in [2.05, 4.69) is 4.98 Å². The van der Waals surface area contributed by atoms with Crippen molar-refractivity contribution in [3.63, 3.8) is 0 Å². The van der Waals surface area contributed by atoms with Gasteiger partial charge in [0.25, 0.3) is 0 Å². The number of aromatic amines is 1. The summed E-state index contributed by atoms with van der Waals surface area (Å²) in [5.41, 5.74) is 1.87. The third-order valence-electron chi connectivity index (χ3n) is 2.86. The lowest BCUT2D eigenvalue weighted by atomic mass is 10.1. The quantitative estimate of drug-likeness (QED) is 0.672. The Morgan fingerprint density at radius 3 is 2.72 bits per heavy atom. The monoisotopic (exact) mass is 261 g/mol. The molecule has 90 valence electrons. The lowest BCUT2D eigenvalue weighted by molar-refractivity contribution is 0.477. The van der Waals surface area contributed by atoms with Crippen LogP contribution in [0.2, 0.25) is 5.02 Å². The Balaban J connectivity index is 2.26. The average Bonchev–Trinajstić information content (AvgIpc) is 2.77. The molecule has 3 aromatic rings. The Morgan fingerprint density at radius 1 is 1.11 bits per heavy atom. The van der Waals surface area contributed by atoms with Crippen molar-refractivity contribution in [3.05, 3.63) is 53.3 Å². The number of aromatic nitrogens is 1. The summed E-state index contributed by atoms with van der Waals surface area (Å²) in [6.07, 6.45) is 0. The van der Waals surface area contributed by atoms with Crippen LogP contribution in [0, 0.1) is 5.82 Å². The number of hydrogen-bond acceptors (Lipinski definition) is 1. The lowest BCUT2D eigenvalue weighted by Crippen LogP contribution is -1.78. The molecule has 2 nitrogen and oxygen atoms in total. The average molecular weight is 262 g/mol. The molecule has 2 N–H and O–H groups in total. The zero-order valence-electron chi connectivity index (χ0n) is 9.24. The van der Waals surface area contributed by atoms with Gasteiger partial charge in [0.15, 0.2) is 0 Å². The van der Waals surface area contributed by atoms with Crippen LogP contribution in [0.15, 0.2) is 42.5 Å². The first-order valence-corrected chi connectivity index (χ1v) is 5.79. The molecule has 0 saturated heterocycles. The van der Waals surface area contributed by atoms with Gasteiger partial charge in [-0.2, -0.15) is 0 Å². The molecule has 0 radical (unpaired) electrons. The summed E-state index contributed by atoms with van der Waals surface area (Å²) in [7, 11) is 0. The van der Waals surface area contributed by atoms with E-state index in [9.17, 15) is 9.50 Å². The van der Waals surface area contributed by atoms with E-state index in [1.807, 2.05) is 0 Å². The van der Waals surface area contributed by atoms with Crippen LogP contribution in [0.1, 0.15) is 0 Å². The summed E-state index contributed by atoms with van der Waals surface area (Å²) in [6, 6.07) is 11.2. The van der Waals surface area contributed by atoms with E-state index < -0.39 is 0 Å². The molecule has 0 fully saturated rings. The van der Waals surface area contributed by atoms with Crippen molar-refractivity contribution < 1.29 is 9.50 Å². The minimum absolute atomic E-state index is 0.103. The van der Waals surface area contributed by atoms with Gasteiger partial charge in [-0.3, -0.25) is 0 Å². The van der Waals surface area contributed by atoms with Gasteiger partial charge >= 0.3 is 0 Å². The molecule has 0 amide bonds. The number of phenols is 1. The van der Waals surface area contributed by atoms with Crippen molar-refractivity contribution >= 4 is 22.5 Å². The molecule has 1 aromatic heterocycles. The van der Waals surface area contributed by atoms with E-state index in [0.717, 1.165) is 0 Å². The Morgan fingerprint density at radius 2 is 1.94 bits per heavy atom. The maximum Gasteiger partial charge on any atom is 0.132 e. The van der Waals surface area contributed by atoms with Gasteiger partial charge in [-0.05, 0) is 36.4 Å². The standard InChI is InChI=1S/C14H9ClFNO/c15-8-4-5-14(18)10(6-8)13-7-9-11(16)2-1-3-12(9)17-13/h1-7,17-18H. The van der Waals surface area contributed by atoms with Crippen LogP contribution in [0.3, 0.4) is 0 Å². The first-order valence-electron chi connectivity index (χ1n) is 5.41. The van der Waals surface area contributed by atoms with Crippen LogP contribution in [0.5, 0.6) is 5.75 Å². The van der Waals surface area contributed by atoms with Gasteiger partial charge in [0.2, 0.25) is 0 Å². The number of phenolic OH excluding ortho intramolecular Hbond substituents is 1. The largest absolute Gasteiger partial charge is 0.507 e. The molecule has 18 heavy (non-hydrogen) atoms. The maximum atomic E-state index is 13.6. The summed E-state index contributed by atoms with van der Waals surface area (Å²) in [4.78, 5) is 3.06. The Labute approximate surface area is 108 Å². The van der Waals surface area contributed by atoms with Crippen molar-refractivity contribution in [1.29, 1.82) is 0 Å². The fourth-order valence-electron chi connectivity index (χ4n) is 1.99. The van der Waals surface area contributed by atoms with Crippen molar-refractivity contribution in [1.82, 2.24) is 4.98 Å². The van der Waals surface area contributed by atoms with Gasteiger partial charge in [-0.15, -0.1) is 0 Å². The molecule has 0 spiro atoms. The second kappa shape index (κ2) is 4.03. The van der Waals surface area contributed by atoms with Crippen molar-refractivity contribution in [2.45, 2.75) is 0 Å². The molecule has 4 heteroatoms. The highest BCUT2D eigenvalue weighted by Crippen LogP contribution is 2.33. The third-order valence-corrected chi connectivity index (χ3v) is 3.09. The minimum atomic E-state index is -0.295. The van der Waals surface area contributed by atoms with Crippen LogP contribution in [0.4, 0.5) is 4.39 Å². The predicted molar refractivity (Wildman–Crippen MR) is 70.4 cm³/mol. The normalized spacial score (nSPS) is 11.0. The molecule has 0 bridgehead atoms. The molecule has 0 aliphatic rings. The molecular weight excluding hydrogens is 253 g/mol. The number of rotatable bonds is 1. The van der Waals surface area contributed by atoms with Crippen LogP contribution in [-0.4, -0.2) is 10.1 Å². The summed E-state index contributed by atoms with van der Waals surface area (Å²) in [5.74, 6) is -0.192. The maximum absolute atomic E-state index is 13.6. The molecule has 1 heterocycles. The molecule has 0 saturated carbocycles. The fourth-order valence-corrected chi connectivity index (χ4v) is 2.16. The number of halogens is 2. The van der Waals surface area contributed by atoms with Crippen LogP contribution in [-0.2, 0) is 0 Å². The highest BCUT2D eigenvalue weighted by molar-refractivity contribution is 6.31. The second-order valence-corrected chi connectivity index (χ2v) is 4.48. The van der Waals surface area contributed by atoms with Crippen LogP contribution >= 0.6 is 11.6 Å². The molecule has 0 aliphatic heterocycles. The molecular formula is C14H9ClFNO. The molecule has 0 unspecified atom stereocenters. The van der Waals surface area contributed by atoms with Crippen LogP contribution in [0.25, 0.3) is 22.2 Å². The fraction of sp³-hybridized carbons (Fsp3) is 0. The molecule has 2 aromatic carbocycles.